The van der Waals surface area contributed by atoms with E-state index in [1.54, 1.807) is 12.4 Å². The van der Waals surface area contributed by atoms with Gasteiger partial charge in [0.05, 0.1) is 12.1 Å². The van der Waals surface area contributed by atoms with E-state index in [0.717, 1.165) is 22.0 Å². The molecule has 0 saturated carbocycles. The highest BCUT2D eigenvalue weighted by molar-refractivity contribution is 7.13. The summed E-state index contributed by atoms with van der Waals surface area (Å²) in [5.74, 6) is 1.38. The lowest BCUT2D eigenvalue weighted by Crippen LogP contribution is -2.14. The van der Waals surface area contributed by atoms with Crippen LogP contribution in [0.25, 0.3) is 10.6 Å². The second-order valence-electron chi connectivity index (χ2n) is 6.55. The third-order valence-corrected chi connectivity index (χ3v) is 5.14. The van der Waals surface area contributed by atoms with Gasteiger partial charge in [-0.1, -0.05) is 17.7 Å². The molecule has 1 N–H and O–H groups in total. The molecule has 4 rings (SSSR count). The molecule has 5 nitrogen and oxygen atoms in total. The van der Waals surface area contributed by atoms with E-state index in [1.807, 2.05) is 73.0 Å². The van der Waals surface area contributed by atoms with Crippen molar-refractivity contribution >= 4 is 22.9 Å². The van der Waals surface area contributed by atoms with Gasteiger partial charge in [-0.3, -0.25) is 9.78 Å². The molecule has 144 valence electrons. The molecular weight excluding hydrogens is 382 g/mol. The molecule has 2 aromatic heterocycles. The Balaban J connectivity index is 1.34. The highest BCUT2D eigenvalue weighted by atomic mass is 32.1. The van der Waals surface area contributed by atoms with Gasteiger partial charge >= 0.3 is 0 Å². The largest absolute Gasteiger partial charge is 0.457 e. The Hall–Kier alpha value is -3.51. The lowest BCUT2D eigenvalue weighted by atomic mass is 10.2. The summed E-state index contributed by atoms with van der Waals surface area (Å²) in [5, 5.41) is 5.66. The molecule has 0 saturated heterocycles. The van der Waals surface area contributed by atoms with E-state index >= 15 is 0 Å². The maximum Gasteiger partial charge on any atom is 0.230 e. The standard InChI is InChI=1S/C23H19N3O2S/c1-16-4-8-20(9-5-16)28-21-10-6-18(7-11-21)25-22(27)13-19-15-29-23(26-19)17-3-2-12-24-14-17/h2-12,14-15H,13H2,1H3,(H,25,27). The molecule has 0 aliphatic rings. The molecule has 0 bridgehead atoms. The predicted octanol–water partition coefficient (Wildman–Crippen LogP) is 5.49. The number of ether oxygens (including phenoxy) is 1. The molecule has 0 unspecified atom stereocenters. The summed E-state index contributed by atoms with van der Waals surface area (Å²) >= 11 is 1.51. The first-order valence-corrected chi connectivity index (χ1v) is 10.0. The topological polar surface area (TPSA) is 64.1 Å². The van der Waals surface area contributed by atoms with E-state index in [-0.39, 0.29) is 12.3 Å². The number of rotatable bonds is 6. The number of thiazole rings is 1. The number of nitrogens with one attached hydrogen (secondary N) is 1. The highest BCUT2D eigenvalue weighted by Crippen LogP contribution is 2.24. The van der Waals surface area contributed by atoms with Gasteiger partial charge in [-0.15, -0.1) is 11.3 Å². The second-order valence-corrected chi connectivity index (χ2v) is 7.41. The van der Waals surface area contributed by atoms with Gasteiger partial charge in [0, 0.05) is 29.0 Å². The number of aromatic nitrogens is 2. The van der Waals surface area contributed by atoms with Crippen molar-refractivity contribution in [3.05, 3.63) is 89.7 Å². The van der Waals surface area contributed by atoms with Crippen LogP contribution >= 0.6 is 11.3 Å². The average Bonchev–Trinajstić information content (AvgIpc) is 3.20. The molecule has 0 atom stereocenters. The zero-order chi connectivity index (χ0) is 20.1. The average molecular weight is 401 g/mol. The van der Waals surface area contributed by atoms with E-state index in [9.17, 15) is 4.79 Å². The number of nitrogens with zero attached hydrogens (tertiary/aromatic N) is 2. The quantitative estimate of drug-likeness (QED) is 0.464. The zero-order valence-corrected chi connectivity index (χ0v) is 16.6. The monoisotopic (exact) mass is 401 g/mol. The summed E-state index contributed by atoms with van der Waals surface area (Å²) in [5.41, 5.74) is 3.59. The number of benzene rings is 2. The predicted molar refractivity (Wildman–Crippen MR) is 115 cm³/mol. The minimum Gasteiger partial charge on any atom is -0.457 e. The number of anilines is 1. The van der Waals surface area contributed by atoms with Crippen molar-refractivity contribution in [3.8, 4) is 22.1 Å². The van der Waals surface area contributed by atoms with Crippen LogP contribution in [-0.4, -0.2) is 15.9 Å². The minimum absolute atomic E-state index is 0.111. The third-order valence-electron chi connectivity index (χ3n) is 4.20. The highest BCUT2D eigenvalue weighted by Gasteiger charge is 2.10. The number of carbonyl (C=O) groups excluding carboxylic acids is 1. The van der Waals surface area contributed by atoms with Gasteiger partial charge in [-0.05, 0) is 55.5 Å². The van der Waals surface area contributed by atoms with E-state index in [0.29, 0.717) is 11.4 Å². The summed E-state index contributed by atoms with van der Waals surface area (Å²) < 4.78 is 5.81. The van der Waals surface area contributed by atoms with Crippen molar-refractivity contribution in [1.29, 1.82) is 0 Å². The first-order chi connectivity index (χ1) is 14.2. The van der Waals surface area contributed by atoms with Crippen LogP contribution in [0.4, 0.5) is 5.69 Å². The fraction of sp³-hybridized carbons (Fsp3) is 0.0870. The molecular formula is C23H19N3O2S. The maximum absolute atomic E-state index is 12.3. The summed E-state index contributed by atoms with van der Waals surface area (Å²) in [6, 6.07) is 19.0. The van der Waals surface area contributed by atoms with Crippen molar-refractivity contribution in [1.82, 2.24) is 9.97 Å². The Morgan fingerprint density at radius 2 is 1.76 bits per heavy atom. The van der Waals surface area contributed by atoms with Gasteiger partial charge < -0.3 is 10.1 Å². The van der Waals surface area contributed by atoms with Crippen LogP contribution in [0.2, 0.25) is 0 Å². The SMILES string of the molecule is Cc1ccc(Oc2ccc(NC(=O)Cc3csc(-c4cccnc4)n3)cc2)cc1. The fourth-order valence-corrected chi connectivity index (χ4v) is 3.54. The third kappa shape index (κ3) is 5.06. The molecule has 6 heteroatoms. The van der Waals surface area contributed by atoms with Crippen molar-refractivity contribution in [3.63, 3.8) is 0 Å². The Morgan fingerprint density at radius 3 is 2.45 bits per heavy atom. The van der Waals surface area contributed by atoms with Crippen LogP contribution in [-0.2, 0) is 11.2 Å². The zero-order valence-electron chi connectivity index (χ0n) is 15.8. The van der Waals surface area contributed by atoms with Crippen molar-refractivity contribution in [2.75, 3.05) is 5.32 Å². The summed E-state index contributed by atoms with van der Waals surface area (Å²) in [6.07, 6.45) is 3.71. The van der Waals surface area contributed by atoms with Crippen LogP contribution in [0.5, 0.6) is 11.5 Å². The van der Waals surface area contributed by atoms with Crippen molar-refractivity contribution in [2.24, 2.45) is 0 Å². The molecule has 0 aliphatic heterocycles. The fourth-order valence-electron chi connectivity index (χ4n) is 2.73. The van der Waals surface area contributed by atoms with E-state index in [2.05, 4.69) is 15.3 Å². The van der Waals surface area contributed by atoms with E-state index in [1.165, 1.54) is 16.9 Å². The van der Waals surface area contributed by atoms with Gasteiger partial charge in [0.15, 0.2) is 0 Å². The molecule has 0 aliphatic carbocycles. The van der Waals surface area contributed by atoms with E-state index < -0.39 is 0 Å². The Bertz CT molecular complexity index is 1090. The summed E-state index contributed by atoms with van der Waals surface area (Å²) in [6.45, 7) is 2.03. The number of amides is 1. The number of aryl methyl sites for hydroxylation is 1. The maximum atomic E-state index is 12.3. The lowest BCUT2D eigenvalue weighted by molar-refractivity contribution is -0.115. The summed E-state index contributed by atoms with van der Waals surface area (Å²) in [4.78, 5) is 21.0. The number of pyridine rings is 1. The molecule has 0 fully saturated rings. The van der Waals surface area contributed by atoms with E-state index in [4.69, 9.17) is 4.74 Å². The second kappa shape index (κ2) is 8.67. The molecule has 2 heterocycles. The summed E-state index contributed by atoms with van der Waals surface area (Å²) in [7, 11) is 0. The van der Waals surface area contributed by atoms with Gasteiger partial charge in [0.25, 0.3) is 0 Å². The number of hydrogen-bond acceptors (Lipinski definition) is 5. The minimum atomic E-state index is -0.111. The molecule has 29 heavy (non-hydrogen) atoms. The molecule has 2 aromatic carbocycles. The Morgan fingerprint density at radius 1 is 1.03 bits per heavy atom. The van der Waals surface area contributed by atoms with Crippen LogP contribution < -0.4 is 10.1 Å². The van der Waals surface area contributed by atoms with Crippen LogP contribution in [0, 0.1) is 6.92 Å². The van der Waals surface area contributed by atoms with Gasteiger partial charge in [-0.2, -0.15) is 0 Å². The first kappa shape index (κ1) is 18.8. The molecule has 1 amide bonds. The Kier molecular flexibility index (Phi) is 5.63. The normalized spacial score (nSPS) is 10.5. The van der Waals surface area contributed by atoms with Gasteiger partial charge in [0.2, 0.25) is 5.91 Å². The molecule has 0 spiro atoms. The molecule has 0 radical (unpaired) electrons. The van der Waals surface area contributed by atoms with Crippen molar-refractivity contribution in [2.45, 2.75) is 13.3 Å². The van der Waals surface area contributed by atoms with Crippen LogP contribution in [0.15, 0.2) is 78.4 Å². The van der Waals surface area contributed by atoms with Gasteiger partial charge in [-0.25, -0.2) is 4.98 Å². The van der Waals surface area contributed by atoms with Gasteiger partial charge in [0.1, 0.15) is 16.5 Å². The van der Waals surface area contributed by atoms with Crippen molar-refractivity contribution < 1.29 is 9.53 Å². The Labute approximate surface area is 173 Å². The number of hydrogen-bond donors (Lipinski definition) is 1. The van der Waals surface area contributed by atoms with Crippen LogP contribution in [0.3, 0.4) is 0 Å². The smallest absolute Gasteiger partial charge is 0.230 e. The number of carbonyl (C=O) groups is 1. The van der Waals surface area contributed by atoms with Crippen LogP contribution in [0.1, 0.15) is 11.3 Å². The first-order valence-electron chi connectivity index (χ1n) is 9.15. The lowest BCUT2D eigenvalue weighted by Gasteiger charge is -2.08. The molecule has 4 aromatic rings.